The number of rotatable bonds is 3. The number of hydrogen-bond acceptors (Lipinski definition) is 3. The van der Waals surface area contributed by atoms with Gasteiger partial charge in [-0.25, -0.2) is 4.79 Å². The molecule has 1 heterocycles. The van der Waals surface area contributed by atoms with Gasteiger partial charge in [-0.2, -0.15) is 11.8 Å². The SMILES string of the molecule is Cc1ccc(N2CCSC(C)(C)CC2)c(/C=C/C(=O)O)c1. The van der Waals surface area contributed by atoms with Gasteiger partial charge in [0, 0.05) is 35.4 Å². The Morgan fingerprint density at radius 1 is 1.38 bits per heavy atom. The number of nitrogens with zero attached hydrogens (tertiary/aromatic N) is 1. The third kappa shape index (κ3) is 4.53. The first kappa shape index (κ1) is 16.0. The minimum atomic E-state index is -0.907. The standard InChI is InChI=1S/C17H23NO2S/c1-13-4-6-15(14(12-13)5-7-16(19)20)18-9-8-17(2,3)21-11-10-18/h4-7,12H,8-11H2,1-3H3,(H,19,20)/b7-5+. The summed E-state index contributed by atoms with van der Waals surface area (Å²) in [4.78, 5) is 13.2. The van der Waals surface area contributed by atoms with Gasteiger partial charge in [0.2, 0.25) is 0 Å². The lowest BCUT2D eigenvalue weighted by Gasteiger charge is -2.26. The molecule has 1 aromatic rings. The molecule has 2 rings (SSSR count). The summed E-state index contributed by atoms with van der Waals surface area (Å²) in [7, 11) is 0. The third-order valence-electron chi connectivity index (χ3n) is 3.77. The maximum atomic E-state index is 10.8. The fraction of sp³-hybridized carbons (Fsp3) is 0.471. The lowest BCUT2D eigenvalue weighted by molar-refractivity contribution is -0.131. The second-order valence-electron chi connectivity index (χ2n) is 6.08. The normalized spacial score (nSPS) is 18.7. The predicted molar refractivity (Wildman–Crippen MR) is 91.2 cm³/mol. The van der Waals surface area contributed by atoms with Crippen LogP contribution in [0.1, 0.15) is 31.4 Å². The van der Waals surface area contributed by atoms with Crippen molar-refractivity contribution in [3.8, 4) is 0 Å². The summed E-state index contributed by atoms with van der Waals surface area (Å²) in [6, 6.07) is 6.26. The van der Waals surface area contributed by atoms with Gasteiger partial charge < -0.3 is 10.0 Å². The van der Waals surface area contributed by atoms with Crippen LogP contribution in [0.3, 0.4) is 0 Å². The molecule has 1 saturated heterocycles. The Hall–Kier alpha value is -1.42. The smallest absolute Gasteiger partial charge is 0.328 e. The van der Waals surface area contributed by atoms with Gasteiger partial charge in [-0.1, -0.05) is 25.5 Å². The maximum Gasteiger partial charge on any atom is 0.328 e. The summed E-state index contributed by atoms with van der Waals surface area (Å²) in [6.07, 6.45) is 4.05. The van der Waals surface area contributed by atoms with E-state index in [0.29, 0.717) is 4.75 Å². The van der Waals surface area contributed by atoms with Crippen LogP contribution in [-0.2, 0) is 4.79 Å². The van der Waals surface area contributed by atoms with Crippen molar-refractivity contribution in [3.63, 3.8) is 0 Å². The van der Waals surface area contributed by atoms with Crippen LogP contribution in [0.2, 0.25) is 0 Å². The number of aliphatic carboxylic acids is 1. The van der Waals surface area contributed by atoms with Crippen molar-refractivity contribution in [2.24, 2.45) is 0 Å². The second-order valence-corrected chi connectivity index (χ2v) is 7.88. The molecule has 1 N–H and O–H groups in total. The molecule has 0 saturated carbocycles. The zero-order chi connectivity index (χ0) is 15.5. The molecule has 1 aliphatic heterocycles. The Morgan fingerprint density at radius 2 is 2.14 bits per heavy atom. The summed E-state index contributed by atoms with van der Waals surface area (Å²) in [5.74, 6) is 0.193. The molecule has 114 valence electrons. The average molecular weight is 305 g/mol. The molecule has 3 nitrogen and oxygen atoms in total. The van der Waals surface area contributed by atoms with E-state index >= 15 is 0 Å². The quantitative estimate of drug-likeness (QED) is 0.862. The number of benzene rings is 1. The first-order chi connectivity index (χ1) is 9.87. The van der Waals surface area contributed by atoms with Crippen LogP contribution in [0.4, 0.5) is 5.69 Å². The Kier molecular flexibility index (Phi) is 4.99. The van der Waals surface area contributed by atoms with Crippen molar-refractivity contribution in [2.75, 3.05) is 23.7 Å². The largest absolute Gasteiger partial charge is 0.478 e. The molecule has 0 radical (unpaired) electrons. The zero-order valence-electron chi connectivity index (χ0n) is 12.9. The molecule has 1 fully saturated rings. The summed E-state index contributed by atoms with van der Waals surface area (Å²) >= 11 is 2.01. The Morgan fingerprint density at radius 3 is 2.86 bits per heavy atom. The number of carboxylic acids is 1. The maximum absolute atomic E-state index is 10.8. The number of anilines is 1. The number of aryl methyl sites for hydroxylation is 1. The fourth-order valence-corrected chi connectivity index (χ4v) is 3.62. The number of carboxylic acid groups (broad SMARTS) is 1. The van der Waals surface area contributed by atoms with Gasteiger partial charge in [0.15, 0.2) is 0 Å². The lowest BCUT2D eigenvalue weighted by Crippen LogP contribution is -2.27. The molecule has 4 heteroatoms. The van der Waals surface area contributed by atoms with Crippen molar-refractivity contribution in [1.29, 1.82) is 0 Å². The van der Waals surface area contributed by atoms with Gasteiger partial charge in [0.25, 0.3) is 0 Å². The lowest BCUT2D eigenvalue weighted by atomic mass is 10.1. The Balaban J connectivity index is 2.28. The van der Waals surface area contributed by atoms with Crippen LogP contribution in [0.15, 0.2) is 24.3 Å². The Bertz CT molecular complexity index is 552. The average Bonchev–Trinajstić information content (AvgIpc) is 2.57. The van der Waals surface area contributed by atoms with Crippen molar-refractivity contribution in [2.45, 2.75) is 31.9 Å². The van der Waals surface area contributed by atoms with Crippen LogP contribution in [0.25, 0.3) is 6.08 Å². The molecule has 0 bridgehead atoms. The summed E-state index contributed by atoms with van der Waals surface area (Å²) < 4.78 is 0.316. The van der Waals surface area contributed by atoms with Crippen LogP contribution in [0.5, 0.6) is 0 Å². The molecule has 1 aliphatic rings. The highest BCUT2D eigenvalue weighted by Gasteiger charge is 2.24. The molecule has 1 aromatic carbocycles. The molecule has 0 aromatic heterocycles. The molecule has 0 aliphatic carbocycles. The van der Waals surface area contributed by atoms with Crippen LogP contribution < -0.4 is 4.90 Å². The first-order valence-corrected chi connectivity index (χ1v) is 8.26. The highest BCUT2D eigenvalue weighted by Crippen LogP contribution is 2.33. The topological polar surface area (TPSA) is 40.5 Å². The zero-order valence-corrected chi connectivity index (χ0v) is 13.7. The van der Waals surface area contributed by atoms with E-state index in [0.717, 1.165) is 42.1 Å². The van der Waals surface area contributed by atoms with Crippen molar-refractivity contribution in [1.82, 2.24) is 0 Å². The Labute approximate surface area is 131 Å². The molecule has 0 spiro atoms. The van der Waals surface area contributed by atoms with E-state index < -0.39 is 5.97 Å². The number of hydrogen-bond donors (Lipinski definition) is 1. The van der Waals surface area contributed by atoms with Crippen molar-refractivity contribution < 1.29 is 9.90 Å². The van der Waals surface area contributed by atoms with Gasteiger partial charge in [0.05, 0.1) is 0 Å². The van der Waals surface area contributed by atoms with E-state index in [-0.39, 0.29) is 0 Å². The van der Waals surface area contributed by atoms with E-state index in [1.165, 1.54) is 6.08 Å². The van der Waals surface area contributed by atoms with Crippen LogP contribution in [0, 0.1) is 6.92 Å². The highest BCUT2D eigenvalue weighted by atomic mass is 32.2. The van der Waals surface area contributed by atoms with Crippen molar-refractivity contribution >= 4 is 29.5 Å². The van der Waals surface area contributed by atoms with Crippen LogP contribution >= 0.6 is 11.8 Å². The minimum Gasteiger partial charge on any atom is -0.478 e. The van der Waals surface area contributed by atoms with E-state index in [9.17, 15) is 4.79 Å². The van der Waals surface area contributed by atoms with Gasteiger partial charge in [-0.05, 0) is 37.1 Å². The van der Waals surface area contributed by atoms with Gasteiger partial charge in [-0.15, -0.1) is 0 Å². The summed E-state index contributed by atoms with van der Waals surface area (Å²) in [6.45, 7) is 8.63. The van der Waals surface area contributed by atoms with E-state index in [1.54, 1.807) is 6.08 Å². The molecular formula is C17H23NO2S. The molecular weight excluding hydrogens is 282 g/mol. The first-order valence-electron chi connectivity index (χ1n) is 7.28. The highest BCUT2D eigenvalue weighted by molar-refractivity contribution is 8.00. The third-order valence-corrected chi connectivity index (χ3v) is 5.14. The second kappa shape index (κ2) is 6.56. The monoisotopic (exact) mass is 305 g/mol. The van der Waals surface area contributed by atoms with E-state index in [1.807, 2.05) is 18.7 Å². The van der Waals surface area contributed by atoms with Crippen molar-refractivity contribution in [3.05, 3.63) is 35.4 Å². The van der Waals surface area contributed by atoms with Gasteiger partial charge >= 0.3 is 5.97 Å². The fourth-order valence-electron chi connectivity index (χ4n) is 2.52. The molecule has 21 heavy (non-hydrogen) atoms. The minimum absolute atomic E-state index is 0.316. The molecule has 0 unspecified atom stereocenters. The van der Waals surface area contributed by atoms with Gasteiger partial charge in [0.1, 0.15) is 0 Å². The van der Waals surface area contributed by atoms with E-state index in [4.69, 9.17) is 5.11 Å². The predicted octanol–water partition coefficient (Wildman–Crippen LogP) is 3.81. The number of carbonyl (C=O) groups is 1. The summed E-state index contributed by atoms with van der Waals surface area (Å²) in [5.41, 5.74) is 3.27. The molecule has 0 atom stereocenters. The molecule has 0 amide bonds. The summed E-state index contributed by atoms with van der Waals surface area (Å²) in [5, 5.41) is 8.86. The van der Waals surface area contributed by atoms with Crippen LogP contribution in [-0.4, -0.2) is 34.7 Å². The number of thioether (sulfide) groups is 1. The van der Waals surface area contributed by atoms with E-state index in [2.05, 4.69) is 36.9 Å². The van der Waals surface area contributed by atoms with Gasteiger partial charge in [-0.3, -0.25) is 0 Å².